The topological polar surface area (TPSA) is 0 Å². The van der Waals surface area contributed by atoms with Crippen LogP contribution in [0.3, 0.4) is 0 Å². The molecule has 0 nitrogen and oxygen atoms in total. The van der Waals surface area contributed by atoms with Crippen LogP contribution in [0.2, 0.25) is 0 Å². The quantitative estimate of drug-likeness (QED) is 0.278. The number of hydrogen-bond donors (Lipinski definition) is 0. The third-order valence-corrected chi connectivity index (χ3v) is 8.43. The molecule has 200 valence electrons. The first-order valence-electron chi connectivity index (χ1n) is 14.2. The fourth-order valence-corrected chi connectivity index (χ4v) is 6.08. The minimum Gasteiger partial charge on any atom is -0.208 e. The summed E-state index contributed by atoms with van der Waals surface area (Å²) < 4.78 is 59.3. The highest BCUT2D eigenvalue weighted by molar-refractivity contribution is 5.65. The molecule has 0 saturated heterocycles. The highest BCUT2D eigenvalue weighted by Gasteiger charge is 2.28. The van der Waals surface area contributed by atoms with Gasteiger partial charge in [-0.3, -0.25) is 0 Å². The van der Waals surface area contributed by atoms with Crippen molar-refractivity contribution in [1.82, 2.24) is 0 Å². The van der Waals surface area contributed by atoms with Crippen LogP contribution in [0.15, 0.2) is 59.7 Å². The zero-order valence-corrected chi connectivity index (χ0v) is 22.3. The van der Waals surface area contributed by atoms with Gasteiger partial charge in [0.2, 0.25) is 0 Å². The Morgan fingerprint density at radius 2 is 1.49 bits per heavy atom. The van der Waals surface area contributed by atoms with E-state index in [2.05, 4.69) is 13.8 Å². The van der Waals surface area contributed by atoms with E-state index in [0.29, 0.717) is 47.4 Å². The highest BCUT2D eigenvalue weighted by atomic mass is 19.2. The molecule has 0 N–H and O–H groups in total. The first-order chi connectivity index (χ1) is 17.9. The zero-order valence-electron chi connectivity index (χ0n) is 22.3. The van der Waals surface area contributed by atoms with Crippen molar-refractivity contribution in [2.75, 3.05) is 0 Å². The number of rotatable bonds is 10. The van der Waals surface area contributed by atoms with E-state index in [1.54, 1.807) is 12.1 Å². The maximum absolute atomic E-state index is 15.1. The number of benzene rings is 2. The van der Waals surface area contributed by atoms with E-state index in [9.17, 15) is 8.78 Å². The Hall–Kier alpha value is -2.36. The summed E-state index contributed by atoms with van der Waals surface area (Å²) in [5, 5.41) is 0. The van der Waals surface area contributed by atoms with Gasteiger partial charge in [0.1, 0.15) is 5.83 Å². The van der Waals surface area contributed by atoms with Crippen molar-refractivity contribution in [2.45, 2.75) is 96.8 Å². The van der Waals surface area contributed by atoms with E-state index in [4.69, 9.17) is 0 Å². The zero-order chi connectivity index (χ0) is 26.4. The molecule has 0 amide bonds. The molecule has 0 heterocycles. The molecule has 1 saturated carbocycles. The molecule has 2 aliphatic rings. The normalized spacial score (nSPS) is 22.3. The molecule has 37 heavy (non-hydrogen) atoms. The molecule has 0 aliphatic heterocycles. The van der Waals surface area contributed by atoms with E-state index in [1.165, 1.54) is 5.56 Å². The van der Waals surface area contributed by atoms with Crippen LogP contribution in [0.1, 0.15) is 102 Å². The summed E-state index contributed by atoms with van der Waals surface area (Å²) in [6.07, 6.45) is 11.8. The fourth-order valence-electron chi connectivity index (χ4n) is 6.08. The molecule has 1 atom stereocenters. The van der Waals surface area contributed by atoms with Crippen LogP contribution in [0.25, 0.3) is 11.1 Å². The minimum absolute atomic E-state index is 0.00553. The summed E-state index contributed by atoms with van der Waals surface area (Å²) in [6, 6.07) is 11.2. The van der Waals surface area contributed by atoms with Gasteiger partial charge in [0.05, 0.1) is 0 Å². The maximum atomic E-state index is 15.1. The summed E-state index contributed by atoms with van der Waals surface area (Å²) in [7, 11) is 0. The first-order valence-corrected chi connectivity index (χ1v) is 14.2. The van der Waals surface area contributed by atoms with Crippen LogP contribution in [0, 0.1) is 23.5 Å². The maximum Gasteiger partial charge on any atom is 0.166 e. The predicted molar refractivity (Wildman–Crippen MR) is 145 cm³/mol. The Kier molecular flexibility index (Phi) is 9.67. The predicted octanol–water partition coefficient (Wildman–Crippen LogP) is 10.9. The van der Waals surface area contributed by atoms with Crippen molar-refractivity contribution >= 4 is 0 Å². The Morgan fingerprint density at radius 3 is 2.16 bits per heavy atom. The van der Waals surface area contributed by atoms with Gasteiger partial charge in [-0.2, -0.15) is 0 Å². The average Bonchev–Trinajstić information content (AvgIpc) is 2.92. The summed E-state index contributed by atoms with van der Waals surface area (Å²) in [4.78, 5) is 0. The Morgan fingerprint density at radius 1 is 0.757 bits per heavy atom. The summed E-state index contributed by atoms with van der Waals surface area (Å²) in [6.45, 7) is 4.18. The second kappa shape index (κ2) is 12.9. The molecule has 1 fully saturated rings. The van der Waals surface area contributed by atoms with Gasteiger partial charge in [-0.1, -0.05) is 75.6 Å². The number of hydrogen-bond acceptors (Lipinski definition) is 0. The van der Waals surface area contributed by atoms with Gasteiger partial charge >= 0.3 is 0 Å². The van der Waals surface area contributed by atoms with E-state index < -0.39 is 23.3 Å². The molecular weight excluding hydrogens is 472 g/mol. The summed E-state index contributed by atoms with van der Waals surface area (Å²) >= 11 is 0. The van der Waals surface area contributed by atoms with E-state index in [0.717, 1.165) is 57.8 Å². The Bertz CT molecular complexity index is 1100. The molecule has 0 radical (unpaired) electrons. The summed E-state index contributed by atoms with van der Waals surface area (Å²) in [5.74, 6) is -2.61. The van der Waals surface area contributed by atoms with Gasteiger partial charge in [0.25, 0.3) is 0 Å². The van der Waals surface area contributed by atoms with Gasteiger partial charge in [0.15, 0.2) is 17.5 Å². The molecule has 0 bridgehead atoms. The lowest BCUT2D eigenvalue weighted by Gasteiger charge is -2.30. The molecule has 2 aromatic rings. The number of aryl methyl sites for hydroxylation is 1. The molecule has 0 spiro atoms. The van der Waals surface area contributed by atoms with Crippen LogP contribution in [-0.4, -0.2) is 0 Å². The first kappa shape index (κ1) is 27.7. The lowest BCUT2D eigenvalue weighted by Crippen LogP contribution is -2.16. The molecule has 2 aromatic carbocycles. The van der Waals surface area contributed by atoms with E-state index >= 15 is 8.78 Å². The van der Waals surface area contributed by atoms with Crippen LogP contribution in [0.4, 0.5) is 17.6 Å². The monoisotopic (exact) mass is 512 g/mol. The largest absolute Gasteiger partial charge is 0.208 e. The van der Waals surface area contributed by atoms with Crippen LogP contribution in [0.5, 0.6) is 0 Å². The van der Waals surface area contributed by atoms with Crippen molar-refractivity contribution in [3.05, 3.63) is 82.5 Å². The fraction of sp³-hybridized carbons (Fsp3) is 0.515. The Labute approximate surface area is 219 Å². The second-order valence-electron chi connectivity index (χ2n) is 11.0. The van der Waals surface area contributed by atoms with Crippen LogP contribution in [-0.2, 0) is 6.42 Å². The van der Waals surface area contributed by atoms with Crippen molar-refractivity contribution in [1.29, 1.82) is 0 Å². The van der Waals surface area contributed by atoms with Crippen molar-refractivity contribution < 1.29 is 17.6 Å². The van der Waals surface area contributed by atoms with Gasteiger partial charge in [-0.15, -0.1) is 0 Å². The summed E-state index contributed by atoms with van der Waals surface area (Å²) in [5.41, 5.74) is 3.17. The van der Waals surface area contributed by atoms with Crippen molar-refractivity contribution in [3.8, 4) is 11.1 Å². The van der Waals surface area contributed by atoms with Gasteiger partial charge in [0, 0.05) is 11.5 Å². The Balaban J connectivity index is 1.32. The minimum atomic E-state index is -0.770. The van der Waals surface area contributed by atoms with Gasteiger partial charge < -0.3 is 0 Å². The molecule has 2 aliphatic carbocycles. The number of unbranched alkanes of at least 4 members (excludes halogenated alkanes) is 1. The lowest BCUT2D eigenvalue weighted by molar-refractivity contribution is 0.303. The van der Waals surface area contributed by atoms with Gasteiger partial charge in [-0.05, 0) is 91.9 Å². The van der Waals surface area contributed by atoms with E-state index in [1.807, 2.05) is 30.3 Å². The number of halogens is 4. The molecule has 1 unspecified atom stereocenters. The molecule has 4 rings (SSSR count). The highest BCUT2D eigenvalue weighted by Crippen LogP contribution is 2.42. The molecule has 0 aromatic heterocycles. The second-order valence-corrected chi connectivity index (χ2v) is 11.0. The van der Waals surface area contributed by atoms with Crippen LogP contribution >= 0.6 is 0 Å². The average molecular weight is 513 g/mol. The SMILES string of the molecule is CCCCC1CC=C(CCC2CCC(c3ccc(-c4ccc(CCC)cc4)c(F)c3F)CC2)C(F)=C1F. The van der Waals surface area contributed by atoms with E-state index in [-0.39, 0.29) is 11.8 Å². The van der Waals surface area contributed by atoms with Crippen LogP contribution < -0.4 is 0 Å². The lowest BCUT2D eigenvalue weighted by atomic mass is 9.76. The molecule has 4 heteroatoms. The van der Waals surface area contributed by atoms with Crippen molar-refractivity contribution in [3.63, 3.8) is 0 Å². The smallest absolute Gasteiger partial charge is 0.166 e. The third kappa shape index (κ3) is 6.56. The van der Waals surface area contributed by atoms with Crippen molar-refractivity contribution in [2.24, 2.45) is 11.8 Å². The standard InChI is InChI=1S/C33H40F4/c1-3-5-7-26-18-19-27(31(35)30(26)34)17-12-23-10-15-25(16-11-23)29-21-20-28(32(36)33(29)37)24-13-8-22(6-4-2)9-14-24/h8-9,13-14,19-21,23,25-26H,3-7,10-12,15-18H2,1-2H3. The third-order valence-electron chi connectivity index (χ3n) is 8.43. The molecular formula is C33H40F4. The number of allylic oxidation sites excluding steroid dienone is 4. The van der Waals surface area contributed by atoms with Gasteiger partial charge in [-0.25, -0.2) is 17.6 Å².